The summed E-state index contributed by atoms with van der Waals surface area (Å²) in [5.74, 6) is 0.578. The Hall–Kier alpha value is -0.835. The van der Waals surface area contributed by atoms with Crippen LogP contribution in [0.3, 0.4) is 0 Å². The lowest BCUT2D eigenvalue weighted by molar-refractivity contribution is 0.00788. The minimum Gasteiger partial charge on any atom is -0.437 e. The molecule has 0 amide bonds. The second-order valence-corrected chi connectivity index (χ2v) is 6.07. The topological polar surface area (TPSA) is 32.7 Å². The number of piperidine rings is 1. The van der Waals surface area contributed by atoms with Gasteiger partial charge >= 0.3 is 7.05 Å². The number of hydrogen-bond donors (Lipinski definition) is 1. The molecule has 110 valence electrons. The van der Waals surface area contributed by atoms with E-state index in [1.54, 1.807) is 0 Å². The minimum absolute atomic E-state index is 0.328. The molecule has 1 aliphatic heterocycles. The first kappa shape index (κ1) is 15.6. The monoisotopic (exact) mass is 275 g/mol. The fourth-order valence-corrected chi connectivity index (χ4v) is 2.63. The summed E-state index contributed by atoms with van der Waals surface area (Å²) < 4.78 is 5.99. The number of nitrogens with zero attached hydrogens (tertiary/aromatic N) is 1. The van der Waals surface area contributed by atoms with E-state index < -0.39 is 0 Å². The molecule has 3 nitrogen and oxygen atoms in total. The molecular weight excluding hydrogens is 249 g/mol. The van der Waals surface area contributed by atoms with Gasteiger partial charge in [-0.15, -0.1) is 0 Å². The van der Waals surface area contributed by atoms with Gasteiger partial charge in [0.05, 0.1) is 12.7 Å². The normalized spacial score (nSPS) is 17.6. The second kappa shape index (κ2) is 7.25. The molecule has 20 heavy (non-hydrogen) atoms. The first-order valence-corrected chi connectivity index (χ1v) is 7.69. The predicted molar refractivity (Wildman–Crippen MR) is 83.8 cm³/mol. The summed E-state index contributed by atoms with van der Waals surface area (Å²) in [5, 5.41) is 9.53. The largest absolute Gasteiger partial charge is 0.437 e. The van der Waals surface area contributed by atoms with Crippen LogP contribution in [0.5, 0.6) is 0 Å². The van der Waals surface area contributed by atoms with Crippen LogP contribution >= 0.6 is 0 Å². The summed E-state index contributed by atoms with van der Waals surface area (Å²) in [6, 6.07) is 8.72. The molecule has 0 unspecified atom stereocenters. The van der Waals surface area contributed by atoms with Gasteiger partial charge in [-0.05, 0) is 49.8 Å². The Morgan fingerprint density at radius 1 is 1.25 bits per heavy atom. The number of benzene rings is 1. The zero-order valence-electron chi connectivity index (χ0n) is 12.9. The highest BCUT2D eigenvalue weighted by Gasteiger charge is 2.24. The van der Waals surface area contributed by atoms with Gasteiger partial charge in [-0.3, -0.25) is 0 Å². The molecule has 1 saturated heterocycles. The van der Waals surface area contributed by atoms with Crippen molar-refractivity contribution in [3.05, 3.63) is 35.4 Å². The lowest BCUT2D eigenvalue weighted by Crippen LogP contribution is -2.44. The van der Waals surface area contributed by atoms with E-state index in [0.717, 1.165) is 25.9 Å². The molecular formula is C16H26BNO2. The van der Waals surface area contributed by atoms with E-state index in [4.69, 9.17) is 4.74 Å². The summed E-state index contributed by atoms with van der Waals surface area (Å²) in [6.45, 7) is 8.79. The van der Waals surface area contributed by atoms with Crippen LogP contribution in [0.25, 0.3) is 0 Å². The molecule has 1 aromatic rings. The number of ether oxygens (including phenoxy) is 1. The lowest BCUT2D eigenvalue weighted by Gasteiger charge is -2.32. The Kier molecular flexibility index (Phi) is 5.64. The molecule has 1 fully saturated rings. The van der Waals surface area contributed by atoms with E-state index in [-0.39, 0.29) is 7.05 Å². The van der Waals surface area contributed by atoms with Crippen LogP contribution in [0.1, 0.15) is 43.7 Å². The average molecular weight is 275 g/mol. The SMILES string of the molecule is CB(O)N1CCC(OCc2ccc(C(C)C)cc2)CC1. The van der Waals surface area contributed by atoms with E-state index >= 15 is 0 Å². The zero-order valence-corrected chi connectivity index (χ0v) is 12.9. The first-order chi connectivity index (χ1) is 9.56. The molecule has 0 aliphatic carbocycles. The van der Waals surface area contributed by atoms with Gasteiger partial charge < -0.3 is 14.6 Å². The number of hydrogen-bond acceptors (Lipinski definition) is 3. The van der Waals surface area contributed by atoms with Crippen molar-refractivity contribution in [3.8, 4) is 0 Å². The molecule has 1 heterocycles. The Balaban J connectivity index is 1.76. The fraction of sp³-hybridized carbons (Fsp3) is 0.625. The van der Waals surface area contributed by atoms with Gasteiger partial charge in [0.15, 0.2) is 0 Å². The minimum atomic E-state index is -0.334. The van der Waals surface area contributed by atoms with Crippen LogP contribution in [0.2, 0.25) is 6.82 Å². The quantitative estimate of drug-likeness (QED) is 0.839. The maximum absolute atomic E-state index is 9.53. The molecule has 1 aromatic carbocycles. The van der Waals surface area contributed by atoms with E-state index in [1.807, 2.05) is 6.82 Å². The van der Waals surface area contributed by atoms with Gasteiger partial charge in [-0.2, -0.15) is 0 Å². The molecule has 0 radical (unpaired) electrons. The first-order valence-electron chi connectivity index (χ1n) is 7.69. The van der Waals surface area contributed by atoms with Crippen LogP contribution in [0, 0.1) is 0 Å². The van der Waals surface area contributed by atoms with Crippen molar-refractivity contribution in [2.45, 2.75) is 52.1 Å². The van der Waals surface area contributed by atoms with Gasteiger partial charge in [-0.25, -0.2) is 0 Å². The van der Waals surface area contributed by atoms with Crippen molar-refractivity contribution in [3.63, 3.8) is 0 Å². The van der Waals surface area contributed by atoms with Crippen molar-refractivity contribution in [1.29, 1.82) is 0 Å². The highest BCUT2D eigenvalue weighted by molar-refractivity contribution is 6.45. The Morgan fingerprint density at radius 2 is 1.85 bits per heavy atom. The Labute approximate surface area is 123 Å². The third-order valence-electron chi connectivity index (χ3n) is 4.14. The molecule has 1 N–H and O–H groups in total. The Bertz CT molecular complexity index is 397. The molecule has 4 heteroatoms. The van der Waals surface area contributed by atoms with E-state index in [2.05, 4.69) is 42.9 Å². The van der Waals surface area contributed by atoms with Crippen molar-refractivity contribution in [2.24, 2.45) is 0 Å². The summed E-state index contributed by atoms with van der Waals surface area (Å²) in [5.41, 5.74) is 2.62. The summed E-state index contributed by atoms with van der Waals surface area (Å²) >= 11 is 0. The third kappa shape index (κ3) is 4.34. The van der Waals surface area contributed by atoms with E-state index in [0.29, 0.717) is 18.6 Å². The van der Waals surface area contributed by atoms with Crippen LogP contribution in [0.15, 0.2) is 24.3 Å². The second-order valence-electron chi connectivity index (χ2n) is 6.07. The van der Waals surface area contributed by atoms with E-state index in [1.165, 1.54) is 11.1 Å². The smallest absolute Gasteiger partial charge is 0.376 e. The Morgan fingerprint density at radius 3 is 2.35 bits per heavy atom. The molecule has 0 saturated carbocycles. The van der Waals surface area contributed by atoms with Crippen LogP contribution < -0.4 is 0 Å². The van der Waals surface area contributed by atoms with Gasteiger partial charge in [-0.1, -0.05) is 38.1 Å². The molecule has 0 spiro atoms. The fourth-order valence-electron chi connectivity index (χ4n) is 2.63. The zero-order chi connectivity index (χ0) is 14.5. The van der Waals surface area contributed by atoms with Crippen LogP contribution in [-0.2, 0) is 11.3 Å². The molecule has 0 bridgehead atoms. The number of rotatable bonds is 5. The molecule has 2 rings (SSSR count). The molecule has 1 aliphatic rings. The van der Waals surface area contributed by atoms with Crippen molar-refractivity contribution >= 4 is 7.05 Å². The molecule has 0 atom stereocenters. The summed E-state index contributed by atoms with van der Waals surface area (Å²) in [4.78, 5) is 2.09. The van der Waals surface area contributed by atoms with E-state index in [9.17, 15) is 5.02 Å². The predicted octanol–water partition coefficient (Wildman–Crippen LogP) is 2.90. The lowest BCUT2D eigenvalue weighted by atomic mass is 9.82. The van der Waals surface area contributed by atoms with Crippen LogP contribution in [0.4, 0.5) is 0 Å². The van der Waals surface area contributed by atoms with Crippen LogP contribution in [-0.4, -0.2) is 36.1 Å². The average Bonchev–Trinajstić information content (AvgIpc) is 2.46. The van der Waals surface area contributed by atoms with Gasteiger partial charge in [0.25, 0.3) is 0 Å². The van der Waals surface area contributed by atoms with Crippen molar-refractivity contribution in [1.82, 2.24) is 4.81 Å². The maximum Gasteiger partial charge on any atom is 0.376 e. The third-order valence-corrected chi connectivity index (χ3v) is 4.14. The van der Waals surface area contributed by atoms with Gasteiger partial charge in [0.2, 0.25) is 0 Å². The summed E-state index contributed by atoms with van der Waals surface area (Å²) in [6.07, 6.45) is 2.35. The highest BCUT2D eigenvalue weighted by atomic mass is 16.5. The van der Waals surface area contributed by atoms with Crippen molar-refractivity contribution in [2.75, 3.05) is 13.1 Å². The maximum atomic E-state index is 9.53. The standard InChI is InChI=1S/C16H26BNO2/c1-13(2)15-6-4-14(5-7-15)12-20-16-8-10-18(11-9-16)17(3)19/h4-7,13,16,19H,8-12H2,1-3H3. The molecule has 0 aromatic heterocycles. The van der Waals surface area contributed by atoms with Crippen molar-refractivity contribution < 1.29 is 9.76 Å². The van der Waals surface area contributed by atoms with Gasteiger partial charge in [0.1, 0.15) is 0 Å². The highest BCUT2D eigenvalue weighted by Crippen LogP contribution is 2.18. The van der Waals surface area contributed by atoms with Gasteiger partial charge in [0, 0.05) is 0 Å². The summed E-state index contributed by atoms with van der Waals surface area (Å²) in [7, 11) is -0.334.